The van der Waals surface area contributed by atoms with Gasteiger partial charge >= 0.3 is 5.97 Å². The average molecular weight is 156 g/mol. The van der Waals surface area contributed by atoms with Gasteiger partial charge in [0.05, 0.1) is 12.5 Å². The fourth-order valence-electron chi connectivity index (χ4n) is 1.98. The summed E-state index contributed by atoms with van der Waals surface area (Å²) in [5.41, 5.74) is 0.412. The van der Waals surface area contributed by atoms with Crippen LogP contribution >= 0.6 is 0 Å². The summed E-state index contributed by atoms with van der Waals surface area (Å²) >= 11 is 0. The molecule has 1 spiro atoms. The third-order valence-electron chi connectivity index (χ3n) is 2.99. The number of aliphatic hydroxyl groups excluding tert-OH is 1. The maximum Gasteiger partial charge on any atom is 0.305 e. The molecule has 2 rings (SSSR count). The van der Waals surface area contributed by atoms with Gasteiger partial charge in [-0.1, -0.05) is 0 Å². The summed E-state index contributed by atoms with van der Waals surface area (Å²) < 4.78 is 0. The number of hydrogen-bond donors (Lipinski definition) is 2. The van der Waals surface area contributed by atoms with Crippen molar-refractivity contribution in [2.45, 2.75) is 31.8 Å². The molecule has 2 unspecified atom stereocenters. The number of aliphatic carboxylic acids is 1. The lowest BCUT2D eigenvalue weighted by Gasteiger charge is -2.04. The minimum atomic E-state index is -0.889. The van der Waals surface area contributed by atoms with E-state index < -0.39 is 12.1 Å². The first-order valence-corrected chi connectivity index (χ1v) is 4.04. The van der Waals surface area contributed by atoms with Gasteiger partial charge in [-0.05, 0) is 30.6 Å². The highest BCUT2D eigenvalue weighted by Gasteiger charge is 2.64. The Hall–Kier alpha value is -0.570. The van der Waals surface area contributed by atoms with Crippen LogP contribution in [0.1, 0.15) is 25.7 Å². The highest BCUT2D eigenvalue weighted by atomic mass is 16.4. The lowest BCUT2D eigenvalue weighted by molar-refractivity contribution is -0.139. The lowest BCUT2D eigenvalue weighted by atomic mass is 10.1. The summed E-state index contributed by atoms with van der Waals surface area (Å²) in [5.74, 6) is -0.584. The van der Waals surface area contributed by atoms with Gasteiger partial charge in [-0.3, -0.25) is 4.79 Å². The van der Waals surface area contributed by atoms with Crippen LogP contribution in [0.3, 0.4) is 0 Å². The van der Waals surface area contributed by atoms with E-state index in [1.54, 1.807) is 0 Å². The van der Waals surface area contributed by atoms with Crippen LogP contribution in [-0.4, -0.2) is 22.3 Å². The topological polar surface area (TPSA) is 57.5 Å². The van der Waals surface area contributed by atoms with Crippen LogP contribution in [0, 0.1) is 11.3 Å². The van der Waals surface area contributed by atoms with E-state index in [1.807, 2.05) is 0 Å². The van der Waals surface area contributed by atoms with Crippen molar-refractivity contribution in [1.82, 2.24) is 0 Å². The van der Waals surface area contributed by atoms with E-state index >= 15 is 0 Å². The zero-order valence-corrected chi connectivity index (χ0v) is 6.29. The first-order valence-electron chi connectivity index (χ1n) is 4.04. The van der Waals surface area contributed by atoms with Crippen molar-refractivity contribution in [3.63, 3.8) is 0 Å². The molecule has 62 valence electrons. The molecule has 0 aromatic rings. The summed E-state index contributed by atoms with van der Waals surface area (Å²) in [4.78, 5) is 10.2. The molecule has 0 radical (unpaired) electrons. The van der Waals surface area contributed by atoms with Gasteiger partial charge in [0.25, 0.3) is 0 Å². The Bertz CT molecular complexity index is 196. The van der Waals surface area contributed by atoms with Crippen molar-refractivity contribution >= 4 is 5.97 Å². The summed E-state index contributed by atoms with van der Waals surface area (Å²) in [7, 11) is 0. The van der Waals surface area contributed by atoms with Crippen LogP contribution in [0.5, 0.6) is 0 Å². The van der Waals surface area contributed by atoms with Crippen molar-refractivity contribution in [2.75, 3.05) is 0 Å². The second-order valence-corrected chi connectivity index (χ2v) is 3.84. The van der Waals surface area contributed by atoms with Crippen LogP contribution in [-0.2, 0) is 4.79 Å². The van der Waals surface area contributed by atoms with Gasteiger partial charge < -0.3 is 10.2 Å². The van der Waals surface area contributed by atoms with Gasteiger partial charge in [-0.25, -0.2) is 0 Å². The first-order chi connectivity index (χ1) is 5.14. The highest BCUT2D eigenvalue weighted by Crippen LogP contribution is 2.71. The molecular weight excluding hydrogens is 144 g/mol. The maximum absolute atomic E-state index is 10.2. The number of aliphatic hydroxyl groups is 1. The van der Waals surface area contributed by atoms with Crippen LogP contribution in [0.2, 0.25) is 0 Å². The Morgan fingerprint density at radius 3 is 2.64 bits per heavy atom. The van der Waals surface area contributed by atoms with Crippen LogP contribution in [0.15, 0.2) is 0 Å². The second-order valence-electron chi connectivity index (χ2n) is 3.84. The van der Waals surface area contributed by atoms with Gasteiger partial charge in [-0.2, -0.15) is 0 Å². The van der Waals surface area contributed by atoms with Crippen LogP contribution in [0.4, 0.5) is 0 Å². The Morgan fingerprint density at radius 2 is 2.27 bits per heavy atom. The van der Waals surface area contributed by atoms with Crippen molar-refractivity contribution in [1.29, 1.82) is 0 Å². The first kappa shape index (κ1) is 7.10. The van der Waals surface area contributed by atoms with Crippen molar-refractivity contribution < 1.29 is 15.0 Å². The number of carboxylic acids is 1. The predicted octanol–water partition coefficient (Wildman–Crippen LogP) is 0.622. The molecule has 0 saturated heterocycles. The van der Waals surface area contributed by atoms with Crippen LogP contribution < -0.4 is 0 Å². The third kappa shape index (κ3) is 1.13. The second kappa shape index (κ2) is 1.97. The number of rotatable bonds is 3. The molecule has 11 heavy (non-hydrogen) atoms. The maximum atomic E-state index is 10.2. The summed E-state index contributed by atoms with van der Waals surface area (Å²) in [5, 5.41) is 17.7. The molecule has 2 N–H and O–H groups in total. The molecule has 0 amide bonds. The molecule has 0 aromatic carbocycles. The van der Waals surface area contributed by atoms with E-state index in [9.17, 15) is 9.90 Å². The minimum absolute atomic E-state index is 0.0770. The average Bonchev–Trinajstić information content (AvgIpc) is 2.73. The van der Waals surface area contributed by atoms with E-state index in [4.69, 9.17) is 5.11 Å². The number of carboxylic acid groups (broad SMARTS) is 1. The van der Waals surface area contributed by atoms with Gasteiger partial charge in [0.15, 0.2) is 0 Å². The Kier molecular flexibility index (Phi) is 1.27. The van der Waals surface area contributed by atoms with E-state index in [2.05, 4.69) is 0 Å². The molecule has 2 fully saturated rings. The zero-order valence-electron chi connectivity index (χ0n) is 6.29. The minimum Gasteiger partial charge on any atom is -0.481 e. The van der Waals surface area contributed by atoms with E-state index in [1.165, 1.54) is 12.8 Å². The predicted molar refractivity (Wildman–Crippen MR) is 38.0 cm³/mol. The summed E-state index contributed by atoms with van der Waals surface area (Å²) in [6.07, 6.45) is 2.80. The Labute approximate surface area is 65.0 Å². The smallest absolute Gasteiger partial charge is 0.305 e. The third-order valence-corrected chi connectivity index (χ3v) is 2.99. The van der Waals surface area contributed by atoms with Crippen LogP contribution in [0.25, 0.3) is 0 Å². The van der Waals surface area contributed by atoms with Gasteiger partial charge in [0, 0.05) is 0 Å². The monoisotopic (exact) mass is 156 g/mol. The molecule has 2 saturated carbocycles. The zero-order chi connectivity index (χ0) is 8.06. The normalized spacial score (nSPS) is 33.4. The molecular formula is C8H12O3. The standard InChI is InChI=1S/C8H12O3/c9-6(3-7(10)11)5-4-8(5)1-2-8/h5-6,9H,1-4H2,(H,10,11). The Balaban J connectivity index is 1.82. The summed E-state index contributed by atoms with van der Waals surface area (Å²) in [6, 6.07) is 0. The highest BCUT2D eigenvalue weighted by molar-refractivity contribution is 5.67. The molecule has 0 aromatic heterocycles. The van der Waals surface area contributed by atoms with Crippen molar-refractivity contribution in [2.24, 2.45) is 11.3 Å². The lowest BCUT2D eigenvalue weighted by Crippen LogP contribution is -2.16. The van der Waals surface area contributed by atoms with Gasteiger partial charge in [0.2, 0.25) is 0 Å². The Morgan fingerprint density at radius 1 is 1.64 bits per heavy atom. The van der Waals surface area contributed by atoms with Gasteiger partial charge in [-0.15, -0.1) is 0 Å². The van der Waals surface area contributed by atoms with Crippen molar-refractivity contribution in [3.05, 3.63) is 0 Å². The number of hydrogen-bond acceptors (Lipinski definition) is 2. The van der Waals surface area contributed by atoms with E-state index in [-0.39, 0.29) is 6.42 Å². The largest absolute Gasteiger partial charge is 0.481 e. The molecule has 2 aliphatic rings. The molecule has 0 aliphatic heterocycles. The molecule has 2 atom stereocenters. The van der Waals surface area contributed by atoms with E-state index in [0.717, 1.165) is 6.42 Å². The SMILES string of the molecule is O=C(O)CC(O)C1CC12CC2. The molecule has 2 aliphatic carbocycles. The molecule has 3 heteroatoms. The fourth-order valence-corrected chi connectivity index (χ4v) is 1.98. The van der Waals surface area contributed by atoms with Crippen molar-refractivity contribution in [3.8, 4) is 0 Å². The number of carbonyl (C=O) groups is 1. The molecule has 3 nitrogen and oxygen atoms in total. The van der Waals surface area contributed by atoms with Gasteiger partial charge in [0.1, 0.15) is 0 Å². The quantitative estimate of drug-likeness (QED) is 0.629. The van der Waals surface area contributed by atoms with E-state index in [0.29, 0.717) is 11.3 Å². The fraction of sp³-hybridized carbons (Fsp3) is 0.875. The summed E-state index contributed by atoms with van der Waals surface area (Å²) in [6.45, 7) is 0. The molecule has 0 heterocycles. The molecule has 0 bridgehead atoms.